The monoisotopic (exact) mass is 234 g/mol. The molecular formula is C13H18N2O2. The molecule has 17 heavy (non-hydrogen) atoms. The van der Waals surface area contributed by atoms with Gasteiger partial charge in [0.2, 0.25) is 5.91 Å². The number of benzene rings is 1. The average molecular weight is 234 g/mol. The molecule has 2 atom stereocenters. The third-order valence-electron chi connectivity index (χ3n) is 3.19. The van der Waals surface area contributed by atoms with Gasteiger partial charge in [-0.25, -0.2) is 0 Å². The van der Waals surface area contributed by atoms with Crippen LogP contribution in [0.25, 0.3) is 0 Å². The van der Waals surface area contributed by atoms with Gasteiger partial charge in [0.25, 0.3) is 0 Å². The number of hydrogen-bond donors (Lipinski definition) is 2. The van der Waals surface area contributed by atoms with Crippen molar-refractivity contribution in [3.63, 3.8) is 0 Å². The van der Waals surface area contributed by atoms with Crippen LogP contribution in [0.15, 0.2) is 30.3 Å². The van der Waals surface area contributed by atoms with E-state index in [1.807, 2.05) is 30.3 Å². The van der Waals surface area contributed by atoms with Crippen molar-refractivity contribution >= 4 is 5.91 Å². The van der Waals surface area contributed by atoms with Gasteiger partial charge in [0, 0.05) is 13.1 Å². The van der Waals surface area contributed by atoms with Gasteiger partial charge < -0.3 is 15.7 Å². The molecule has 1 aromatic carbocycles. The maximum Gasteiger partial charge on any atom is 0.244 e. The first kappa shape index (κ1) is 12.1. The second-order valence-electron chi connectivity index (χ2n) is 4.90. The van der Waals surface area contributed by atoms with Gasteiger partial charge >= 0.3 is 0 Å². The molecule has 1 saturated heterocycles. The summed E-state index contributed by atoms with van der Waals surface area (Å²) in [7, 11) is 0. The van der Waals surface area contributed by atoms with Crippen LogP contribution in [0.5, 0.6) is 0 Å². The molecule has 1 fully saturated rings. The van der Waals surface area contributed by atoms with Crippen molar-refractivity contribution in [1.29, 1.82) is 0 Å². The molecule has 2 rings (SSSR count). The number of carbonyl (C=O) groups is 1. The van der Waals surface area contributed by atoms with Crippen LogP contribution in [0.1, 0.15) is 24.9 Å². The van der Waals surface area contributed by atoms with Gasteiger partial charge in [-0.05, 0) is 18.9 Å². The summed E-state index contributed by atoms with van der Waals surface area (Å²) in [5, 5.41) is 9.83. The number of β-amino-alcohol motifs (C(OH)–C–C–N with tert-alkyl or cyclic N) is 1. The molecule has 0 bridgehead atoms. The molecule has 3 N–H and O–H groups in total. The lowest BCUT2D eigenvalue weighted by Gasteiger charge is -2.22. The van der Waals surface area contributed by atoms with E-state index in [9.17, 15) is 9.90 Å². The molecule has 0 saturated carbocycles. The molecule has 4 nitrogen and oxygen atoms in total. The number of carbonyl (C=O) groups excluding carboxylic acids is 1. The van der Waals surface area contributed by atoms with E-state index in [0.29, 0.717) is 19.5 Å². The number of aliphatic hydroxyl groups is 1. The van der Waals surface area contributed by atoms with Crippen molar-refractivity contribution in [2.45, 2.75) is 25.0 Å². The summed E-state index contributed by atoms with van der Waals surface area (Å²) < 4.78 is 0. The smallest absolute Gasteiger partial charge is 0.244 e. The highest BCUT2D eigenvalue weighted by molar-refractivity contribution is 5.83. The molecule has 0 spiro atoms. The Balaban J connectivity index is 2.06. The molecule has 4 heteroatoms. The van der Waals surface area contributed by atoms with Crippen LogP contribution in [0, 0.1) is 0 Å². The molecule has 1 amide bonds. The Labute approximate surface area is 101 Å². The van der Waals surface area contributed by atoms with Gasteiger partial charge in [-0.2, -0.15) is 0 Å². The van der Waals surface area contributed by atoms with Gasteiger partial charge in [0.05, 0.1) is 5.60 Å². The van der Waals surface area contributed by atoms with Crippen LogP contribution < -0.4 is 5.73 Å². The molecular weight excluding hydrogens is 216 g/mol. The normalized spacial score (nSPS) is 25.9. The molecule has 92 valence electrons. The number of amides is 1. The molecule has 1 heterocycles. The first-order valence-corrected chi connectivity index (χ1v) is 5.81. The van der Waals surface area contributed by atoms with E-state index in [2.05, 4.69) is 0 Å². The number of rotatable bonds is 2. The van der Waals surface area contributed by atoms with Crippen LogP contribution in [0.2, 0.25) is 0 Å². The highest BCUT2D eigenvalue weighted by Crippen LogP contribution is 2.23. The van der Waals surface area contributed by atoms with Gasteiger partial charge in [-0.15, -0.1) is 0 Å². The Kier molecular flexibility index (Phi) is 3.17. The predicted octanol–water partition coefficient (Wildman–Crippen LogP) is 0.670. The standard InChI is InChI=1S/C13H18N2O2/c1-13(17)7-8-15(9-13)12(16)11(14)10-5-3-2-4-6-10/h2-6,11,17H,7-9,14H2,1H3/t11-,13?/m0/s1. The number of hydrogen-bond acceptors (Lipinski definition) is 3. The summed E-state index contributed by atoms with van der Waals surface area (Å²) >= 11 is 0. The fraction of sp³-hybridized carbons (Fsp3) is 0.462. The second kappa shape index (κ2) is 4.47. The number of nitrogens with zero attached hydrogens (tertiary/aromatic N) is 1. The molecule has 1 aliphatic rings. The Morgan fingerprint density at radius 2 is 2.12 bits per heavy atom. The van der Waals surface area contributed by atoms with Crippen molar-refractivity contribution in [2.75, 3.05) is 13.1 Å². The highest BCUT2D eigenvalue weighted by atomic mass is 16.3. The third kappa shape index (κ3) is 2.65. The SMILES string of the molecule is CC1(O)CCN(C(=O)[C@@H](N)c2ccccc2)C1. The summed E-state index contributed by atoms with van der Waals surface area (Å²) in [6, 6.07) is 8.67. The lowest BCUT2D eigenvalue weighted by molar-refractivity contribution is -0.132. The van der Waals surface area contributed by atoms with Gasteiger partial charge in [-0.1, -0.05) is 30.3 Å². The lowest BCUT2D eigenvalue weighted by atomic mass is 10.1. The Morgan fingerprint density at radius 3 is 2.65 bits per heavy atom. The summed E-state index contributed by atoms with van der Waals surface area (Å²) in [6.07, 6.45) is 0.611. The van der Waals surface area contributed by atoms with Crippen molar-refractivity contribution in [1.82, 2.24) is 4.90 Å². The van der Waals surface area contributed by atoms with Crippen LogP contribution in [-0.4, -0.2) is 34.6 Å². The van der Waals surface area contributed by atoms with Crippen molar-refractivity contribution < 1.29 is 9.90 Å². The van der Waals surface area contributed by atoms with Crippen molar-refractivity contribution in [3.8, 4) is 0 Å². The van der Waals surface area contributed by atoms with Gasteiger partial charge in [0.15, 0.2) is 0 Å². The van der Waals surface area contributed by atoms with E-state index in [-0.39, 0.29) is 5.91 Å². The van der Waals surface area contributed by atoms with E-state index in [1.54, 1.807) is 11.8 Å². The van der Waals surface area contributed by atoms with Crippen LogP contribution in [-0.2, 0) is 4.79 Å². The second-order valence-corrected chi connectivity index (χ2v) is 4.90. The minimum atomic E-state index is -0.772. The van der Waals surface area contributed by atoms with E-state index < -0.39 is 11.6 Å². The van der Waals surface area contributed by atoms with E-state index >= 15 is 0 Å². The lowest BCUT2D eigenvalue weighted by Crippen LogP contribution is -2.39. The van der Waals surface area contributed by atoms with Crippen molar-refractivity contribution in [2.24, 2.45) is 5.73 Å². The minimum Gasteiger partial charge on any atom is -0.388 e. The van der Waals surface area contributed by atoms with Gasteiger partial charge in [-0.3, -0.25) is 4.79 Å². The molecule has 0 aromatic heterocycles. The molecule has 1 aliphatic heterocycles. The largest absolute Gasteiger partial charge is 0.388 e. The zero-order valence-electron chi connectivity index (χ0n) is 9.97. The topological polar surface area (TPSA) is 66.6 Å². The first-order valence-electron chi connectivity index (χ1n) is 5.81. The molecule has 1 unspecified atom stereocenters. The first-order chi connectivity index (χ1) is 7.99. The average Bonchev–Trinajstić information content (AvgIpc) is 2.69. The summed E-state index contributed by atoms with van der Waals surface area (Å²) in [4.78, 5) is 13.8. The van der Waals surface area contributed by atoms with Gasteiger partial charge in [0.1, 0.15) is 6.04 Å². The maximum atomic E-state index is 12.1. The maximum absolute atomic E-state index is 12.1. The summed E-state index contributed by atoms with van der Waals surface area (Å²) in [5.74, 6) is -0.117. The molecule has 0 aliphatic carbocycles. The van der Waals surface area contributed by atoms with Crippen LogP contribution >= 0.6 is 0 Å². The van der Waals surface area contributed by atoms with Crippen LogP contribution in [0.4, 0.5) is 0 Å². The Morgan fingerprint density at radius 1 is 1.47 bits per heavy atom. The summed E-state index contributed by atoms with van der Waals surface area (Å²) in [6.45, 7) is 2.69. The zero-order valence-corrected chi connectivity index (χ0v) is 9.97. The summed E-state index contributed by atoms with van der Waals surface area (Å²) in [5.41, 5.74) is 5.97. The number of nitrogens with two attached hydrogens (primary N) is 1. The minimum absolute atomic E-state index is 0.117. The molecule has 1 aromatic rings. The third-order valence-corrected chi connectivity index (χ3v) is 3.19. The Bertz CT molecular complexity index is 403. The van der Waals surface area contributed by atoms with E-state index in [0.717, 1.165) is 5.56 Å². The highest BCUT2D eigenvalue weighted by Gasteiger charge is 2.35. The van der Waals surface area contributed by atoms with Crippen molar-refractivity contribution in [3.05, 3.63) is 35.9 Å². The van der Waals surface area contributed by atoms with Crippen LogP contribution in [0.3, 0.4) is 0 Å². The quantitative estimate of drug-likeness (QED) is 0.790. The van der Waals surface area contributed by atoms with E-state index in [1.165, 1.54) is 0 Å². The zero-order chi connectivity index (χ0) is 12.5. The van der Waals surface area contributed by atoms with E-state index in [4.69, 9.17) is 5.73 Å². The molecule has 0 radical (unpaired) electrons. The predicted molar refractivity (Wildman–Crippen MR) is 65.2 cm³/mol. The fourth-order valence-corrected chi connectivity index (χ4v) is 2.13. The Hall–Kier alpha value is -1.39. The number of likely N-dealkylation sites (tertiary alicyclic amines) is 1. The fourth-order valence-electron chi connectivity index (χ4n) is 2.13.